The van der Waals surface area contributed by atoms with Gasteiger partial charge >= 0.3 is 6.18 Å². The largest absolute Gasteiger partial charge is 0.416 e. The topological polar surface area (TPSA) is 38.4 Å². The summed E-state index contributed by atoms with van der Waals surface area (Å²) in [5.74, 6) is 0.430. The SMILES string of the molecule is CC(C)(C)C(N)=NCc1cccc(C(F)(F)F)c1. The summed E-state index contributed by atoms with van der Waals surface area (Å²) >= 11 is 0. The summed E-state index contributed by atoms with van der Waals surface area (Å²) in [6, 6.07) is 5.12. The second kappa shape index (κ2) is 5.00. The molecule has 2 N–H and O–H groups in total. The molecule has 1 aromatic carbocycles. The van der Waals surface area contributed by atoms with Crippen molar-refractivity contribution >= 4 is 5.84 Å². The molecular formula is C13H17F3N2. The Labute approximate surface area is 105 Å². The van der Waals surface area contributed by atoms with Gasteiger partial charge in [-0.05, 0) is 17.7 Å². The van der Waals surface area contributed by atoms with E-state index in [9.17, 15) is 13.2 Å². The Morgan fingerprint density at radius 1 is 1.22 bits per heavy atom. The first kappa shape index (κ1) is 14.5. The minimum atomic E-state index is -4.32. The summed E-state index contributed by atoms with van der Waals surface area (Å²) in [7, 11) is 0. The van der Waals surface area contributed by atoms with E-state index in [4.69, 9.17) is 5.73 Å². The quantitative estimate of drug-likeness (QED) is 0.638. The van der Waals surface area contributed by atoms with Crippen LogP contribution in [0, 0.1) is 5.41 Å². The lowest BCUT2D eigenvalue weighted by molar-refractivity contribution is -0.137. The third kappa shape index (κ3) is 4.05. The number of hydrogen-bond donors (Lipinski definition) is 1. The van der Waals surface area contributed by atoms with Crippen LogP contribution in [0.1, 0.15) is 31.9 Å². The van der Waals surface area contributed by atoms with Crippen molar-refractivity contribution in [3.05, 3.63) is 35.4 Å². The highest BCUT2D eigenvalue weighted by Crippen LogP contribution is 2.29. The number of alkyl halides is 3. The molecule has 0 heterocycles. The van der Waals surface area contributed by atoms with E-state index < -0.39 is 11.7 Å². The maximum Gasteiger partial charge on any atom is 0.416 e. The van der Waals surface area contributed by atoms with Gasteiger partial charge in [-0.3, -0.25) is 4.99 Å². The zero-order valence-corrected chi connectivity index (χ0v) is 10.7. The highest BCUT2D eigenvalue weighted by Gasteiger charge is 2.30. The van der Waals surface area contributed by atoms with Crippen LogP contribution < -0.4 is 5.73 Å². The van der Waals surface area contributed by atoms with Gasteiger partial charge < -0.3 is 5.73 Å². The monoisotopic (exact) mass is 258 g/mol. The molecule has 2 nitrogen and oxygen atoms in total. The zero-order chi connectivity index (χ0) is 14.0. The molecule has 0 aliphatic heterocycles. The summed E-state index contributed by atoms with van der Waals surface area (Å²) in [6.07, 6.45) is -4.32. The molecule has 0 amide bonds. The van der Waals surface area contributed by atoms with E-state index >= 15 is 0 Å². The molecule has 0 saturated carbocycles. The second-order valence-corrected chi connectivity index (χ2v) is 5.15. The molecule has 18 heavy (non-hydrogen) atoms. The maximum atomic E-state index is 12.5. The van der Waals surface area contributed by atoms with Gasteiger partial charge in [-0.2, -0.15) is 13.2 Å². The third-order valence-electron chi connectivity index (χ3n) is 2.45. The molecule has 0 fully saturated rings. The average Bonchev–Trinajstić information content (AvgIpc) is 2.23. The molecule has 0 spiro atoms. The van der Waals surface area contributed by atoms with Crippen molar-refractivity contribution in [1.82, 2.24) is 0 Å². The van der Waals surface area contributed by atoms with Crippen molar-refractivity contribution in [2.45, 2.75) is 33.5 Å². The van der Waals surface area contributed by atoms with Gasteiger partial charge in [0.15, 0.2) is 0 Å². The summed E-state index contributed by atoms with van der Waals surface area (Å²) in [5.41, 5.74) is 5.31. The van der Waals surface area contributed by atoms with E-state index in [0.29, 0.717) is 11.4 Å². The lowest BCUT2D eigenvalue weighted by Gasteiger charge is -2.17. The van der Waals surface area contributed by atoms with E-state index in [2.05, 4.69) is 4.99 Å². The minimum Gasteiger partial charge on any atom is -0.387 e. The van der Waals surface area contributed by atoms with Crippen molar-refractivity contribution in [2.75, 3.05) is 0 Å². The van der Waals surface area contributed by atoms with Crippen LogP contribution in [-0.2, 0) is 12.7 Å². The number of rotatable bonds is 2. The van der Waals surface area contributed by atoms with E-state index in [1.807, 2.05) is 20.8 Å². The standard InChI is InChI=1S/C13H17F3N2/c1-12(2,3)11(17)18-8-9-5-4-6-10(7-9)13(14,15)16/h4-7H,8H2,1-3H3,(H2,17,18). The molecule has 0 atom stereocenters. The van der Waals surface area contributed by atoms with Gasteiger partial charge in [0, 0.05) is 5.41 Å². The summed E-state index contributed by atoms with van der Waals surface area (Å²) < 4.78 is 37.5. The van der Waals surface area contributed by atoms with Gasteiger partial charge in [0.2, 0.25) is 0 Å². The number of hydrogen-bond acceptors (Lipinski definition) is 1. The first-order valence-electron chi connectivity index (χ1n) is 5.57. The van der Waals surface area contributed by atoms with Crippen LogP contribution in [0.4, 0.5) is 13.2 Å². The van der Waals surface area contributed by atoms with E-state index in [1.165, 1.54) is 6.07 Å². The van der Waals surface area contributed by atoms with E-state index in [1.54, 1.807) is 6.07 Å². The number of nitrogens with two attached hydrogens (primary N) is 1. The molecule has 0 unspecified atom stereocenters. The summed E-state index contributed by atoms with van der Waals surface area (Å²) in [4.78, 5) is 4.12. The molecule has 1 aromatic rings. The number of benzene rings is 1. The van der Waals surface area contributed by atoms with Crippen LogP contribution in [0.25, 0.3) is 0 Å². The average molecular weight is 258 g/mol. The van der Waals surface area contributed by atoms with Crippen LogP contribution in [-0.4, -0.2) is 5.84 Å². The Balaban J connectivity index is 2.88. The van der Waals surface area contributed by atoms with Gasteiger partial charge in [0.25, 0.3) is 0 Å². The van der Waals surface area contributed by atoms with Crippen molar-refractivity contribution < 1.29 is 13.2 Å². The van der Waals surface area contributed by atoms with Gasteiger partial charge in [0.05, 0.1) is 17.9 Å². The molecule has 5 heteroatoms. The first-order valence-corrected chi connectivity index (χ1v) is 5.57. The Kier molecular flexibility index (Phi) is 4.04. The van der Waals surface area contributed by atoms with Gasteiger partial charge in [0.1, 0.15) is 0 Å². The highest BCUT2D eigenvalue weighted by molar-refractivity contribution is 5.85. The Morgan fingerprint density at radius 3 is 2.33 bits per heavy atom. The zero-order valence-electron chi connectivity index (χ0n) is 10.7. The van der Waals surface area contributed by atoms with Crippen LogP contribution in [0.2, 0.25) is 0 Å². The molecule has 1 rings (SSSR count). The van der Waals surface area contributed by atoms with Gasteiger partial charge in [-0.15, -0.1) is 0 Å². The molecule has 0 aromatic heterocycles. The van der Waals surface area contributed by atoms with E-state index in [-0.39, 0.29) is 12.0 Å². The molecule has 0 radical (unpaired) electrons. The predicted octanol–water partition coefficient (Wildman–Crippen LogP) is 3.61. The molecule has 0 bridgehead atoms. The van der Waals surface area contributed by atoms with Crippen LogP contribution in [0.3, 0.4) is 0 Å². The van der Waals surface area contributed by atoms with Crippen molar-refractivity contribution in [3.8, 4) is 0 Å². The maximum absolute atomic E-state index is 12.5. The molecule has 100 valence electrons. The Bertz CT molecular complexity index is 442. The van der Waals surface area contributed by atoms with Crippen molar-refractivity contribution in [1.29, 1.82) is 0 Å². The Hall–Kier alpha value is -1.52. The lowest BCUT2D eigenvalue weighted by atomic mass is 9.95. The Morgan fingerprint density at radius 2 is 1.83 bits per heavy atom. The smallest absolute Gasteiger partial charge is 0.387 e. The molecular weight excluding hydrogens is 241 g/mol. The fourth-order valence-electron chi connectivity index (χ4n) is 1.26. The number of aliphatic imine (C=N–C) groups is 1. The number of amidine groups is 1. The van der Waals surface area contributed by atoms with Crippen LogP contribution in [0.5, 0.6) is 0 Å². The van der Waals surface area contributed by atoms with Gasteiger partial charge in [-0.1, -0.05) is 32.9 Å². The van der Waals surface area contributed by atoms with Crippen molar-refractivity contribution in [2.24, 2.45) is 16.1 Å². The number of nitrogens with zero attached hydrogens (tertiary/aromatic N) is 1. The van der Waals surface area contributed by atoms with Crippen LogP contribution in [0.15, 0.2) is 29.3 Å². The van der Waals surface area contributed by atoms with Crippen molar-refractivity contribution in [3.63, 3.8) is 0 Å². The third-order valence-corrected chi connectivity index (χ3v) is 2.45. The first-order chi connectivity index (χ1) is 8.10. The van der Waals surface area contributed by atoms with Gasteiger partial charge in [-0.25, -0.2) is 0 Å². The number of halogens is 3. The lowest BCUT2D eigenvalue weighted by Crippen LogP contribution is -2.29. The molecule has 0 aliphatic rings. The second-order valence-electron chi connectivity index (χ2n) is 5.15. The summed E-state index contributed by atoms with van der Waals surface area (Å²) in [6.45, 7) is 5.86. The summed E-state index contributed by atoms with van der Waals surface area (Å²) in [5, 5.41) is 0. The fraction of sp³-hybridized carbons (Fsp3) is 0.462. The normalized spacial score (nSPS) is 13.8. The molecule has 0 saturated heterocycles. The highest BCUT2D eigenvalue weighted by atomic mass is 19.4. The minimum absolute atomic E-state index is 0.160. The predicted molar refractivity (Wildman–Crippen MR) is 66.2 cm³/mol. The fourth-order valence-corrected chi connectivity index (χ4v) is 1.26. The van der Waals surface area contributed by atoms with E-state index in [0.717, 1.165) is 12.1 Å². The van der Waals surface area contributed by atoms with Crippen LogP contribution >= 0.6 is 0 Å². The molecule has 0 aliphatic carbocycles.